The highest BCUT2D eigenvalue weighted by molar-refractivity contribution is 6.30. The fourth-order valence-electron chi connectivity index (χ4n) is 2.93. The summed E-state index contributed by atoms with van der Waals surface area (Å²) in [5, 5.41) is 4.11. The van der Waals surface area contributed by atoms with Crippen LogP contribution in [0.15, 0.2) is 36.6 Å². The maximum absolute atomic E-state index is 11.8. The van der Waals surface area contributed by atoms with Crippen LogP contribution in [0.3, 0.4) is 0 Å². The quantitative estimate of drug-likeness (QED) is 0.567. The molecule has 2 nitrogen and oxygen atoms in total. The summed E-state index contributed by atoms with van der Waals surface area (Å²) >= 11 is 6.16. The molecule has 3 heteroatoms. The summed E-state index contributed by atoms with van der Waals surface area (Å²) in [6.45, 7) is 12.8. The maximum Gasteiger partial charge on any atom is 0.138 e. The zero-order valence-corrected chi connectivity index (χ0v) is 16.2. The number of aryl methyl sites for hydroxylation is 1. The van der Waals surface area contributed by atoms with E-state index >= 15 is 0 Å². The molecule has 1 aromatic rings. The van der Waals surface area contributed by atoms with Gasteiger partial charge in [-0.3, -0.25) is 4.79 Å². The number of halogens is 1. The number of hydrogen-bond acceptors (Lipinski definition) is 2. The number of carbonyl (C=O) groups is 1. The van der Waals surface area contributed by atoms with Gasteiger partial charge in [0.25, 0.3) is 0 Å². The fourth-order valence-corrected chi connectivity index (χ4v) is 3.10. The Morgan fingerprint density at radius 1 is 1.38 bits per heavy atom. The predicted octanol–water partition coefficient (Wildman–Crippen LogP) is 5.94. The zero-order valence-electron chi connectivity index (χ0n) is 15.4. The van der Waals surface area contributed by atoms with Crippen molar-refractivity contribution in [3.8, 4) is 0 Å². The van der Waals surface area contributed by atoms with Crippen molar-refractivity contribution in [2.24, 2.45) is 5.92 Å². The number of benzene rings is 1. The molecule has 0 heterocycles. The van der Waals surface area contributed by atoms with E-state index in [2.05, 4.69) is 44.8 Å². The lowest BCUT2D eigenvalue weighted by Gasteiger charge is -2.19. The third-order valence-electron chi connectivity index (χ3n) is 4.23. The van der Waals surface area contributed by atoms with Gasteiger partial charge < -0.3 is 5.32 Å². The molecule has 0 amide bonds. The molecular formula is C21H30ClNO. The van der Waals surface area contributed by atoms with Crippen LogP contribution in [0.1, 0.15) is 57.6 Å². The first kappa shape index (κ1) is 20.5. The lowest BCUT2D eigenvalue weighted by atomic mass is 9.95. The molecule has 1 aromatic carbocycles. The topological polar surface area (TPSA) is 29.1 Å². The van der Waals surface area contributed by atoms with Crippen molar-refractivity contribution in [2.45, 2.75) is 53.4 Å². The molecule has 1 unspecified atom stereocenters. The van der Waals surface area contributed by atoms with Crippen LogP contribution in [0.4, 0.5) is 0 Å². The minimum absolute atomic E-state index is 0.0819. The van der Waals surface area contributed by atoms with Crippen molar-refractivity contribution in [1.82, 2.24) is 5.32 Å². The van der Waals surface area contributed by atoms with Gasteiger partial charge in [-0.15, -0.1) is 0 Å². The summed E-state index contributed by atoms with van der Waals surface area (Å²) in [5.41, 5.74) is 4.55. The predicted molar refractivity (Wildman–Crippen MR) is 105 cm³/mol. The molecule has 24 heavy (non-hydrogen) atoms. The van der Waals surface area contributed by atoms with E-state index in [9.17, 15) is 4.79 Å². The van der Waals surface area contributed by atoms with E-state index in [1.165, 1.54) is 16.7 Å². The van der Waals surface area contributed by atoms with Crippen LogP contribution in [-0.2, 0) is 4.79 Å². The Morgan fingerprint density at radius 3 is 2.67 bits per heavy atom. The number of allylic oxidation sites excluding steroid dienone is 2. The molecule has 0 bridgehead atoms. The summed E-state index contributed by atoms with van der Waals surface area (Å²) in [4.78, 5) is 11.8. The van der Waals surface area contributed by atoms with Gasteiger partial charge in [-0.1, -0.05) is 50.6 Å². The van der Waals surface area contributed by atoms with Crippen molar-refractivity contribution in [3.63, 3.8) is 0 Å². The Balaban J connectivity index is 2.75. The second-order valence-electron chi connectivity index (χ2n) is 6.25. The Hall–Kier alpha value is -1.54. The molecule has 1 atom stereocenters. The molecule has 0 saturated heterocycles. The van der Waals surface area contributed by atoms with Crippen molar-refractivity contribution >= 4 is 23.0 Å². The highest BCUT2D eigenvalue weighted by Crippen LogP contribution is 2.26. The summed E-state index contributed by atoms with van der Waals surface area (Å²) < 4.78 is 0. The molecule has 0 saturated carbocycles. The van der Waals surface area contributed by atoms with E-state index in [0.29, 0.717) is 0 Å². The van der Waals surface area contributed by atoms with Gasteiger partial charge in [-0.2, -0.15) is 0 Å². The molecule has 0 spiro atoms. The van der Waals surface area contributed by atoms with Crippen LogP contribution in [0.5, 0.6) is 0 Å². The van der Waals surface area contributed by atoms with Crippen LogP contribution in [0, 0.1) is 12.8 Å². The second kappa shape index (κ2) is 10.4. The van der Waals surface area contributed by atoms with Crippen LogP contribution in [0.25, 0.3) is 5.57 Å². The number of hydrogen-bond donors (Lipinski definition) is 1. The van der Waals surface area contributed by atoms with Crippen LogP contribution < -0.4 is 5.32 Å². The molecule has 1 rings (SSSR count). The van der Waals surface area contributed by atoms with Gasteiger partial charge in [-0.25, -0.2) is 0 Å². The second-order valence-corrected chi connectivity index (χ2v) is 6.69. The molecule has 132 valence electrons. The minimum Gasteiger partial charge on any atom is -0.388 e. The van der Waals surface area contributed by atoms with Crippen molar-refractivity contribution in [2.75, 3.05) is 6.54 Å². The minimum atomic E-state index is -0.0819. The number of ketones is 1. The molecule has 0 aromatic heterocycles. The molecule has 0 aliphatic heterocycles. The SMILES string of the molecule is C=C(NCC/C(=C/CC)c1cc(Cl)ccc1C)C(CCC)C(C)=O. The zero-order chi connectivity index (χ0) is 18.1. The third kappa shape index (κ3) is 6.16. The first-order valence-electron chi connectivity index (χ1n) is 8.79. The van der Waals surface area contributed by atoms with E-state index in [-0.39, 0.29) is 11.7 Å². The molecule has 1 N–H and O–H groups in total. The van der Waals surface area contributed by atoms with Crippen molar-refractivity contribution in [3.05, 3.63) is 52.7 Å². The standard InChI is InChI=1S/C21H30ClNO/c1-6-8-18(21-14-19(22)11-10-15(21)3)12-13-23-16(4)20(9-7-2)17(5)24/h8,10-11,14,20,23H,4,6-7,9,12-13H2,1-3,5H3/b18-8-. The Morgan fingerprint density at radius 2 is 2.08 bits per heavy atom. The number of Topliss-reactive ketones (excluding diaryl/α,β-unsaturated/α-hetero) is 1. The monoisotopic (exact) mass is 347 g/mol. The molecule has 0 radical (unpaired) electrons. The first-order valence-corrected chi connectivity index (χ1v) is 9.17. The average Bonchev–Trinajstić information content (AvgIpc) is 2.53. The smallest absolute Gasteiger partial charge is 0.138 e. The van der Waals surface area contributed by atoms with Gasteiger partial charge >= 0.3 is 0 Å². The van der Waals surface area contributed by atoms with E-state index in [4.69, 9.17) is 11.6 Å². The average molecular weight is 348 g/mol. The van der Waals surface area contributed by atoms with E-state index in [1.54, 1.807) is 6.92 Å². The molecule has 0 aliphatic carbocycles. The lowest BCUT2D eigenvalue weighted by Crippen LogP contribution is -2.25. The number of nitrogens with one attached hydrogen (secondary N) is 1. The Bertz CT molecular complexity index is 604. The Kier molecular flexibility index (Phi) is 8.84. The summed E-state index contributed by atoms with van der Waals surface area (Å²) in [6, 6.07) is 6.01. The lowest BCUT2D eigenvalue weighted by molar-refractivity contribution is -0.119. The van der Waals surface area contributed by atoms with Gasteiger partial charge in [0.2, 0.25) is 0 Å². The van der Waals surface area contributed by atoms with Crippen molar-refractivity contribution in [1.29, 1.82) is 0 Å². The highest BCUT2D eigenvalue weighted by Gasteiger charge is 2.16. The van der Waals surface area contributed by atoms with Gasteiger partial charge in [0.15, 0.2) is 0 Å². The largest absolute Gasteiger partial charge is 0.388 e. The van der Waals surface area contributed by atoms with Crippen LogP contribution in [-0.4, -0.2) is 12.3 Å². The summed E-state index contributed by atoms with van der Waals surface area (Å²) in [5.74, 6) is 0.103. The van der Waals surface area contributed by atoms with Crippen molar-refractivity contribution < 1.29 is 4.79 Å². The van der Waals surface area contributed by atoms with E-state index in [1.807, 2.05) is 12.1 Å². The Labute approximate surface area is 152 Å². The van der Waals surface area contributed by atoms with Crippen LogP contribution >= 0.6 is 11.6 Å². The number of rotatable bonds is 10. The normalized spacial score (nSPS) is 12.8. The summed E-state index contributed by atoms with van der Waals surface area (Å²) in [6.07, 6.45) is 5.94. The molecular weight excluding hydrogens is 318 g/mol. The van der Waals surface area contributed by atoms with Gasteiger partial charge in [-0.05, 0) is 61.9 Å². The van der Waals surface area contributed by atoms with Gasteiger partial charge in [0, 0.05) is 17.3 Å². The summed E-state index contributed by atoms with van der Waals surface area (Å²) in [7, 11) is 0. The maximum atomic E-state index is 11.8. The first-order chi connectivity index (χ1) is 11.4. The highest BCUT2D eigenvalue weighted by atomic mass is 35.5. The van der Waals surface area contributed by atoms with Gasteiger partial charge in [0.05, 0.1) is 5.92 Å². The van der Waals surface area contributed by atoms with Crippen LogP contribution in [0.2, 0.25) is 5.02 Å². The van der Waals surface area contributed by atoms with E-state index in [0.717, 1.165) is 42.9 Å². The third-order valence-corrected chi connectivity index (χ3v) is 4.47. The fraction of sp³-hybridized carbons (Fsp3) is 0.476. The van der Waals surface area contributed by atoms with Gasteiger partial charge in [0.1, 0.15) is 5.78 Å². The van der Waals surface area contributed by atoms with E-state index < -0.39 is 0 Å². The molecule has 0 fully saturated rings. The molecule has 0 aliphatic rings. The number of carbonyl (C=O) groups excluding carboxylic acids is 1.